The summed E-state index contributed by atoms with van der Waals surface area (Å²) in [4.78, 5) is 8.89. The van der Waals surface area contributed by atoms with E-state index in [1.54, 1.807) is 12.4 Å². The SMILES string of the molecule is Cc1nccc(Cl)c1C(C)C[n+]1ccc(Cl)c(C(C)Cc2ncc(Cl)c(C(C)C)c2Cl)c1Cl. The van der Waals surface area contributed by atoms with Crippen molar-refractivity contribution in [2.45, 2.75) is 65.3 Å². The molecule has 0 N–H and O–H groups in total. The zero-order valence-corrected chi connectivity index (χ0v) is 23.0. The van der Waals surface area contributed by atoms with E-state index >= 15 is 0 Å². The van der Waals surface area contributed by atoms with Crippen LogP contribution in [-0.4, -0.2) is 9.97 Å². The normalized spacial score (nSPS) is 13.4. The maximum Gasteiger partial charge on any atom is 0.279 e. The number of aromatic nitrogens is 3. The maximum atomic E-state index is 6.89. The smallest absolute Gasteiger partial charge is 0.261 e. The van der Waals surface area contributed by atoms with Crippen LogP contribution in [0.1, 0.15) is 73.5 Å². The lowest BCUT2D eigenvalue weighted by Gasteiger charge is -2.18. The Morgan fingerprint density at radius 1 is 0.818 bits per heavy atom. The van der Waals surface area contributed by atoms with Gasteiger partial charge in [-0.05, 0) is 48.4 Å². The summed E-state index contributed by atoms with van der Waals surface area (Å²) in [6.07, 6.45) is 5.88. The molecule has 0 fully saturated rings. The third-order valence-corrected chi connectivity index (χ3v) is 7.69. The summed E-state index contributed by atoms with van der Waals surface area (Å²) in [5.74, 6) is 0.291. The average Bonchev–Trinajstić information content (AvgIpc) is 2.72. The van der Waals surface area contributed by atoms with Crippen molar-refractivity contribution in [3.63, 3.8) is 0 Å². The molecule has 33 heavy (non-hydrogen) atoms. The monoisotopic (exact) mass is 544 g/mol. The minimum absolute atomic E-state index is 0.0114. The predicted molar refractivity (Wildman–Crippen MR) is 140 cm³/mol. The highest BCUT2D eigenvalue weighted by atomic mass is 35.5. The second-order valence-corrected chi connectivity index (χ2v) is 10.7. The molecule has 3 aromatic heterocycles. The number of halogens is 5. The summed E-state index contributed by atoms with van der Waals surface area (Å²) >= 11 is 33.0. The summed E-state index contributed by atoms with van der Waals surface area (Å²) in [7, 11) is 0. The van der Waals surface area contributed by atoms with Crippen molar-refractivity contribution in [3.05, 3.63) is 84.0 Å². The van der Waals surface area contributed by atoms with E-state index in [0.717, 1.165) is 28.1 Å². The first kappa shape index (κ1) is 26.5. The first-order valence-corrected chi connectivity index (χ1v) is 12.7. The predicted octanol–water partition coefficient (Wildman–Crippen LogP) is 8.61. The highest BCUT2D eigenvalue weighted by Gasteiger charge is 2.27. The van der Waals surface area contributed by atoms with Gasteiger partial charge in [-0.25, -0.2) is 0 Å². The van der Waals surface area contributed by atoms with Crippen LogP contribution >= 0.6 is 58.0 Å². The molecule has 0 saturated carbocycles. The van der Waals surface area contributed by atoms with Gasteiger partial charge in [-0.2, -0.15) is 4.57 Å². The molecule has 0 amide bonds. The van der Waals surface area contributed by atoms with Crippen LogP contribution < -0.4 is 4.57 Å². The van der Waals surface area contributed by atoms with Crippen molar-refractivity contribution in [2.75, 3.05) is 0 Å². The Morgan fingerprint density at radius 2 is 1.48 bits per heavy atom. The van der Waals surface area contributed by atoms with E-state index in [4.69, 9.17) is 58.0 Å². The molecule has 0 aliphatic heterocycles. The van der Waals surface area contributed by atoms with Crippen molar-refractivity contribution >= 4 is 58.0 Å². The van der Waals surface area contributed by atoms with Gasteiger partial charge in [0.1, 0.15) is 0 Å². The highest BCUT2D eigenvalue weighted by molar-refractivity contribution is 6.36. The van der Waals surface area contributed by atoms with Crippen LogP contribution in [0.3, 0.4) is 0 Å². The van der Waals surface area contributed by atoms with Crippen LogP contribution in [0.5, 0.6) is 0 Å². The quantitative estimate of drug-likeness (QED) is 0.219. The van der Waals surface area contributed by atoms with Gasteiger partial charge >= 0.3 is 0 Å². The zero-order chi connectivity index (χ0) is 24.4. The fraction of sp³-hybridized carbons (Fsp3) is 0.400. The number of rotatable bonds is 7. The zero-order valence-electron chi connectivity index (χ0n) is 19.3. The lowest BCUT2D eigenvalue weighted by atomic mass is 9.94. The molecule has 0 aliphatic rings. The minimum Gasteiger partial charge on any atom is -0.261 e. The van der Waals surface area contributed by atoms with Gasteiger partial charge in [-0.1, -0.05) is 74.1 Å². The molecule has 2 unspecified atom stereocenters. The van der Waals surface area contributed by atoms with E-state index < -0.39 is 0 Å². The van der Waals surface area contributed by atoms with E-state index in [1.807, 2.05) is 29.8 Å². The topological polar surface area (TPSA) is 29.7 Å². The van der Waals surface area contributed by atoms with Crippen molar-refractivity contribution in [3.8, 4) is 0 Å². The van der Waals surface area contributed by atoms with Crippen LogP contribution in [-0.2, 0) is 13.0 Å². The Morgan fingerprint density at radius 3 is 2.12 bits per heavy atom. The Balaban J connectivity index is 1.92. The van der Waals surface area contributed by atoms with Crippen molar-refractivity contribution in [1.82, 2.24) is 9.97 Å². The first-order chi connectivity index (χ1) is 15.5. The van der Waals surface area contributed by atoms with E-state index in [0.29, 0.717) is 38.2 Å². The fourth-order valence-corrected chi connectivity index (χ4v) is 6.28. The lowest BCUT2D eigenvalue weighted by Crippen LogP contribution is -2.38. The van der Waals surface area contributed by atoms with Gasteiger partial charge in [0.2, 0.25) is 0 Å². The van der Waals surface area contributed by atoms with Gasteiger partial charge < -0.3 is 0 Å². The second kappa shape index (κ2) is 11.1. The molecule has 0 spiro atoms. The molecule has 0 aromatic carbocycles. The molecule has 0 radical (unpaired) electrons. The molecule has 0 aliphatic carbocycles. The van der Waals surface area contributed by atoms with Crippen LogP contribution in [0.4, 0.5) is 0 Å². The Labute approximate surface area is 221 Å². The summed E-state index contributed by atoms with van der Waals surface area (Å²) in [5, 5.41) is 3.10. The van der Waals surface area contributed by atoms with Gasteiger partial charge in [0.05, 0.1) is 26.3 Å². The van der Waals surface area contributed by atoms with E-state index in [2.05, 4.69) is 37.7 Å². The molecule has 3 heterocycles. The summed E-state index contributed by atoms with van der Waals surface area (Å²) in [6, 6.07) is 3.69. The molecule has 3 aromatic rings. The van der Waals surface area contributed by atoms with Crippen molar-refractivity contribution < 1.29 is 4.57 Å². The van der Waals surface area contributed by atoms with Crippen LogP contribution in [0, 0.1) is 6.92 Å². The van der Waals surface area contributed by atoms with Gasteiger partial charge in [-0.3, -0.25) is 9.97 Å². The third-order valence-electron chi connectivity index (χ3n) is 5.88. The summed E-state index contributed by atoms with van der Waals surface area (Å²) < 4.78 is 2.00. The standard InChI is InChI=1S/C25H27Cl5N3/c1-13(2)21-19(28)11-32-20(24(21)29)10-14(3)23-18(27)7-9-33(25(23)30)12-15(4)22-16(5)31-8-6-17(22)26/h6-9,11,13-15H,10,12H2,1-5H3/q+1. The Bertz CT molecular complexity index is 1140. The first-order valence-electron chi connectivity index (χ1n) is 10.8. The van der Waals surface area contributed by atoms with E-state index in [-0.39, 0.29) is 17.8 Å². The van der Waals surface area contributed by atoms with Crippen molar-refractivity contribution in [1.29, 1.82) is 0 Å². The van der Waals surface area contributed by atoms with Crippen LogP contribution in [0.25, 0.3) is 0 Å². The molecule has 0 bridgehead atoms. The molecule has 176 valence electrons. The van der Waals surface area contributed by atoms with E-state index in [9.17, 15) is 0 Å². The Hall–Kier alpha value is -1.10. The third kappa shape index (κ3) is 5.77. The summed E-state index contributed by atoms with van der Waals surface area (Å²) in [6.45, 7) is 10.9. The lowest BCUT2D eigenvalue weighted by molar-refractivity contribution is -0.697. The number of pyridine rings is 3. The molecule has 3 rings (SSSR count). The highest BCUT2D eigenvalue weighted by Crippen LogP contribution is 2.37. The number of nitrogens with zero attached hydrogens (tertiary/aromatic N) is 3. The number of hydrogen-bond donors (Lipinski definition) is 0. The van der Waals surface area contributed by atoms with Crippen molar-refractivity contribution in [2.24, 2.45) is 0 Å². The van der Waals surface area contributed by atoms with Crippen LogP contribution in [0.2, 0.25) is 25.2 Å². The maximum absolute atomic E-state index is 6.89. The molecular weight excluding hydrogens is 520 g/mol. The Kier molecular flexibility index (Phi) is 8.91. The van der Waals surface area contributed by atoms with Crippen LogP contribution in [0.15, 0.2) is 30.7 Å². The fourth-order valence-electron chi connectivity index (χ4n) is 4.25. The second-order valence-electron chi connectivity index (χ2n) is 8.75. The molecule has 2 atom stereocenters. The number of aryl methyl sites for hydroxylation is 1. The van der Waals surface area contributed by atoms with Gasteiger partial charge in [-0.15, -0.1) is 0 Å². The average molecular weight is 547 g/mol. The minimum atomic E-state index is -0.0114. The summed E-state index contributed by atoms with van der Waals surface area (Å²) in [5.41, 5.74) is 4.49. The van der Waals surface area contributed by atoms with E-state index in [1.165, 1.54) is 0 Å². The largest absolute Gasteiger partial charge is 0.279 e. The van der Waals surface area contributed by atoms with Gasteiger partial charge in [0.25, 0.3) is 5.15 Å². The van der Waals surface area contributed by atoms with Gasteiger partial charge in [0.15, 0.2) is 12.7 Å². The molecule has 0 saturated heterocycles. The number of hydrogen-bond acceptors (Lipinski definition) is 2. The molecule has 3 nitrogen and oxygen atoms in total. The molecule has 8 heteroatoms. The van der Waals surface area contributed by atoms with Gasteiger partial charge in [0, 0.05) is 40.7 Å². The molecular formula is C25H27Cl5N3+.